The minimum absolute atomic E-state index is 0.654. The molecule has 0 saturated carbocycles. The van der Waals surface area contributed by atoms with Gasteiger partial charge in [-0.05, 0) is 53.2 Å². The topological polar surface area (TPSA) is 12.9 Å². The molecule has 16 heavy (non-hydrogen) atoms. The highest BCUT2D eigenvalue weighted by Gasteiger charge is 1.97. The molecule has 0 fully saturated rings. The van der Waals surface area contributed by atoms with E-state index >= 15 is 0 Å². The monoisotopic (exact) mass is 279 g/mol. The maximum Gasteiger partial charge on any atom is 0.0410 e. The Kier molecular flexibility index (Phi) is 6.09. The Morgan fingerprint density at radius 2 is 2.25 bits per heavy atom. The number of hydrogen-bond donors (Lipinski definition) is 0. The van der Waals surface area contributed by atoms with E-state index in [2.05, 4.69) is 65.1 Å². The van der Waals surface area contributed by atoms with Crippen LogP contribution in [0.1, 0.15) is 32.3 Å². The second-order valence-electron chi connectivity index (χ2n) is 3.77. The number of pyridine rings is 1. The molecule has 0 N–H and O–H groups in total. The molecular weight excluding hydrogens is 262 g/mol. The van der Waals surface area contributed by atoms with E-state index in [9.17, 15) is 0 Å². The van der Waals surface area contributed by atoms with Gasteiger partial charge >= 0.3 is 0 Å². The minimum atomic E-state index is 0.654. The highest BCUT2D eigenvalue weighted by atomic mass is 79.9. The summed E-state index contributed by atoms with van der Waals surface area (Å²) in [6.07, 6.45) is 14.7. The molecule has 0 amide bonds. The summed E-state index contributed by atoms with van der Waals surface area (Å²) < 4.78 is 1.02. The summed E-state index contributed by atoms with van der Waals surface area (Å²) in [7, 11) is 0. The third kappa shape index (κ3) is 4.75. The van der Waals surface area contributed by atoms with Crippen LogP contribution in [-0.2, 0) is 0 Å². The maximum absolute atomic E-state index is 4.13. The van der Waals surface area contributed by atoms with Gasteiger partial charge in [0, 0.05) is 16.9 Å². The van der Waals surface area contributed by atoms with Crippen LogP contribution in [0.4, 0.5) is 0 Å². The second-order valence-corrected chi connectivity index (χ2v) is 4.68. The molecule has 1 unspecified atom stereocenters. The lowest BCUT2D eigenvalue weighted by atomic mass is 10.0. The van der Waals surface area contributed by atoms with E-state index in [0.29, 0.717) is 5.92 Å². The van der Waals surface area contributed by atoms with E-state index in [1.165, 1.54) is 6.42 Å². The Bertz CT molecular complexity index is 369. The van der Waals surface area contributed by atoms with Crippen LogP contribution in [0.5, 0.6) is 0 Å². The standard InChI is InChI=1S/C14H18BrN/c1-3-6-12(4-2)7-5-8-13-9-14(15)11-16-10-13/h3,5-6,8-12H,4,7H2,1-2H3/b6-3-,8-5+. The molecule has 0 aromatic carbocycles. The van der Waals surface area contributed by atoms with Crippen molar-refractivity contribution in [1.29, 1.82) is 0 Å². The fourth-order valence-corrected chi connectivity index (χ4v) is 1.93. The van der Waals surface area contributed by atoms with Crippen LogP contribution < -0.4 is 0 Å². The molecule has 1 aromatic heterocycles. The van der Waals surface area contributed by atoms with E-state index in [4.69, 9.17) is 0 Å². The van der Waals surface area contributed by atoms with E-state index in [-0.39, 0.29) is 0 Å². The predicted molar refractivity (Wildman–Crippen MR) is 74.2 cm³/mol. The predicted octanol–water partition coefficient (Wildman–Crippen LogP) is 4.85. The van der Waals surface area contributed by atoms with Crippen LogP contribution in [0.15, 0.2) is 41.2 Å². The molecule has 0 aliphatic heterocycles. The molecule has 0 bridgehead atoms. The average molecular weight is 280 g/mol. The van der Waals surface area contributed by atoms with Crippen molar-refractivity contribution in [3.05, 3.63) is 46.7 Å². The molecular formula is C14H18BrN. The molecule has 2 heteroatoms. The van der Waals surface area contributed by atoms with Gasteiger partial charge in [-0.3, -0.25) is 4.98 Å². The van der Waals surface area contributed by atoms with E-state index in [1.54, 1.807) is 6.20 Å². The number of hydrogen-bond acceptors (Lipinski definition) is 1. The molecule has 0 aliphatic carbocycles. The van der Waals surface area contributed by atoms with Gasteiger partial charge in [0.1, 0.15) is 0 Å². The zero-order chi connectivity index (χ0) is 11.8. The van der Waals surface area contributed by atoms with Crippen LogP contribution in [-0.4, -0.2) is 4.98 Å². The van der Waals surface area contributed by atoms with Gasteiger partial charge in [-0.2, -0.15) is 0 Å². The quantitative estimate of drug-likeness (QED) is 0.702. The van der Waals surface area contributed by atoms with Gasteiger partial charge in [-0.1, -0.05) is 31.2 Å². The highest BCUT2D eigenvalue weighted by Crippen LogP contribution is 2.14. The summed E-state index contributed by atoms with van der Waals surface area (Å²) in [6.45, 7) is 4.30. The van der Waals surface area contributed by atoms with Gasteiger partial charge in [0.05, 0.1) is 0 Å². The Morgan fingerprint density at radius 3 is 2.88 bits per heavy atom. The van der Waals surface area contributed by atoms with Crippen molar-refractivity contribution in [1.82, 2.24) is 4.98 Å². The Morgan fingerprint density at radius 1 is 1.44 bits per heavy atom. The Hall–Kier alpha value is -0.890. The third-order valence-corrected chi connectivity index (χ3v) is 2.90. The summed E-state index contributed by atoms with van der Waals surface area (Å²) in [4.78, 5) is 4.13. The van der Waals surface area contributed by atoms with Crippen molar-refractivity contribution in [3.8, 4) is 0 Å². The molecule has 1 atom stereocenters. The maximum atomic E-state index is 4.13. The van der Waals surface area contributed by atoms with E-state index in [0.717, 1.165) is 16.5 Å². The zero-order valence-corrected chi connectivity index (χ0v) is 11.4. The second kappa shape index (κ2) is 7.39. The summed E-state index contributed by atoms with van der Waals surface area (Å²) >= 11 is 3.41. The van der Waals surface area contributed by atoms with Crippen molar-refractivity contribution in [2.75, 3.05) is 0 Å². The lowest BCUT2D eigenvalue weighted by Gasteiger charge is -2.05. The van der Waals surface area contributed by atoms with Crippen LogP contribution in [0, 0.1) is 5.92 Å². The average Bonchev–Trinajstić information content (AvgIpc) is 2.28. The van der Waals surface area contributed by atoms with Crippen molar-refractivity contribution in [3.63, 3.8) is 0 Å². The van der Waals surface area contributed by atoms with E-state index < -0.39 is 0 Å². The van der Waals surface area contributed by atoms with Crippen molar-refractivity contribution >= 4 is 22.0 Å². The third-order valence-electron chi connectivity index (χ3n) is 2.46. The first-order valence-electron chi connectivity index (χ1n) is 5.66. The molecule has 0 radical (unpaired) electrons. The lowest BCUT2D eigenvalue weighted by molar-refractivity contribution is 0.638. The summed E-state index contributed by atoms with van der Waals surface area (Å²) in [5.74, 6) is 0.654. The highest BCUT2D eigenvalue weighted by molar-refractivity contribution is 9.10. The fraction of sp³-hybridized carbons (Fsp3) is 0.357. The van der Waals surface area contributed by atoms with Gasteiger partial charge in [0.15, 0.2) is 0 Å². The summed E-state index contributed by atoms with van der Waals surface area (Å²) in [5.41, 5.74) is 1.14. The Labute approximate surface area is 106 Å². The van der Waals surface area contributed by atoms with Crippen LogP contribution in [0.2, 0.25) is 0 Å². The van der Waals surface area contributed by atoms with Crippen LogP contribution >= 0.6 is 15.9 Å². The van der Waals surface area contributed by atoms with Crippen molar-refractivity contribution < 1.29 is 0 Å². The fourth-order valence-electron chi connectivity index (χ4n) is 1.55. The molecule has 1 rings (SSSR count). The first-order chi connectivity index (χ1) is 7.76. The number of rotatable bonds is 5. The lowest BCUT2D eigenvalue weighted by Crippen LogP contribution is -1.90. The SMILES string of the molecule is C/C=C\C(CC)C/C=C/c1cncc(Br)c1. The summed E-state index contributed by atoms with van der Waals surface area (Å²) in [6, 6.07) is 2.07. The molecule has 86 valence electrons. The van der Waals surface area contributed by atoms with Gasteiger partial charge in [-0.25, -0.2) is 0 Å². The smallest absolute Gasteiger partial charge is 0.0410 e. The molecule has 0 saturated heterocycles. The number of aromatic nitrogens is 1. The largest absolute Gasteiger partial charge is 0.263 e. The molecule has 0 aliphatic rings. The molecule has 1 nitrogen and oxygen atoms in total. The van der Waals surface area contributed by atoms with E-state index in [1.807, 2.05) is 6.20 Å². The molecule has 1 heterocycles. The van der Waals surface area contributed by atoms with Crippen molar-refractivity contribution in [2.24, 2.45) is 5.92 Å². The minimum Gasteiger partial charge on any atom is -0.263 e. The van der Waals surface area contributed by atoms with Crippen molar-refractivity contribution in [2.45, 2.75) is 26.7 Å². The van der Waals surface area contributed by atoms with Gasteiger partial charge in [-0.15, -0.1) is 0 Å². The van der Waals surface area contributed by atoms with Gasteiger partial charge in [0.2, 0.25) is 0 Å². The molecule has 1 aromatic rings. The molecule has 0 spiro atoms. The number of nitrogens with zero attached hydrogens (tertiary/aromatic N) is 1. The summed E-state index contributed by atoms with van der Waals surface area (Å²) in [5, 5.41) is 0. The van der Waals surface area contributed by atoms with Crippen LogP contribution in [0.3, 0.4) is 0 Å². The zero-order valence-electron chi connectivity index (χ0n) is 9.86. The number of halogens is 1. The van der Waals surface area contributed by atoms with Gasteiger partial charge < -0.3 is 0 Å². The number of allylic oxidation sites excluding steroid dienone is 3. The first kappa shape index (κ1) is 13.2. The van der Waals surface area contributed by atoms with Crippen LogP contribution in [0.25, 0.3) is 6.08 Å². The first-order valence-corrected chi connectivity index (χ1v) is 6.45. The van der Waals surface area contributed by atoms with Gasteiger partial charge in [0.25, 0.3) is 0 Å². The normalized spacial score (nSPS) is 13.7. The Balaban J connectivity index is 2.54.